The minimum atomic E-state index is -0.341. The molecule has 1 aromatic carbocycles. The van der Waals surface area contributed by atoms with E-state index in [9.17, 15) is 4.39 Å². The second-order valence-electron chi connectivity index (χ2n) is 4.69. The molecule has 6 heteroatoms. The van der Waals surface area contributed by atoms with Gasteiger partial charge >= 0.3 is 0 Å². The molecule has 3 aromatic rings. The number of pyridine rings is 1. The van der Waals surface area contributed by atoms with Crippen LogP contribution in [0.5, 0.6) is 0 Å². The van der Waals surface area contributed by atoms with Gasteiger partial charge in [0.2, 0.25) is 5.95 Å². The summed E-state index contributed by atoms with van der Waals surface area (Å²) in [4.78, 5) is 4.28. The molecule has 0 aliphatic heterocycles. The lowest BCUT2D eigenvalue weighted by atomic mass is 10.1. The molecule has 5 nitrogen and oxygen atoms in total. The second-order valence-corrected chi connectivity index (χ2v) is 4.69. The van der Waals surface area contributed by atoms with Gasteiger partial charge in [-0.15, -0.1) is 5.10 Å². The van der Waals surface area contributed by atoms with Gasteiger partial charge in [-0.25, -0.2) is 8.91 Å². The van der Waals surface area contributed by atoms with Gasteiger partial charge in [0.05, 0.1) is 12.8 Å². The van der Waals surface area contributed by atoms with E-state index in [1.807, 2.05) is 18.2 Å². The monoisotopic (exact) mass is 286 g/mol. The Morgan fingerprint density at radius 1 is 1.24 bits per heavy atom. The predicted octanol–water partition coefficient (Wildman–Crippen LogP) is 2.63. The number of benzene rings is 1. The molecule has 21 heavy (non-hydrogen) atoms. The molecule has 0 bridgehead atoms. The lowest BCUT2D eigenvalue weighted by Gasteiger charge is -2.05. The highest BCUT2D eigenvalue weighted by atomic mass is 19.1. The standard InChI is InChI=1S/C15H15FN4O/c1-21-10-12-4-2-3-11(7-12)8-17-15-18-14-6-5-13(16)9-20(14)19-15/h2-7,9H,8,10H2,1H3,(H,17,19). The van der Waals surface area contributed by atoms with Crippen LogP contribution in [-0.2, 0) is 17.9 Å². The third kappa shape index (κ3) is 3.17. The summed E-state index contributed by atoms with van der Waals surface area (Å²) in [5.74, 6) is 0.129. The first-order valence-electron chi connectivity index (χ1n) is 6.57. The first-order valence-corrected chi connectivity index (χ1v) is 6.57. The summed E-state index contributed by atoms with van der Waals surface area (Å²) < 4.78 is 19.6. The Hall–Kier alpha value is -2.47. The van der Waals surface area contributed by atoms with E-state index < -0.39 is 0 Å². The summed E-state index contributed by atoms with van der Waals surface area (Å²) in [5, 5.41) is 7.31. The van der Waals surface area contributed by atoms with Gasteiger partial charge in [0, 0.05) is 13.7 Å². The van der Waals surface area contributed by atoms with Crippen molar-refractivity contribution in [1.29, 1.82) is 0 Å². The number of ether oxygens (including phenoxy) is 1. The SMILES string of the molecule is COCc1cccc(CNc2nc3ccc(F)cn3n2)c1. The molecule has 3 rings (SSSR count). The molecule has 108 valence electrons. The van der Waals surface area contributed by atoms with Crippen LogP contribution in [0.1, 0.15) is 11.1 Å². The minimum Gasteiger partial charge on any atom is -0.380 e. The highest BCUT2D eigenvalue weighted by molar-refractivity contribution is 5.43. The third-order valence-corrected chi connectivity index (χ3v) is 3.05. The Morgan fingerprint density at radius 2 is 2.10 bits per heavy atom. The Morgan fingerprint density at radius 3 is 2.95 bits per heavy atom. The fourth-order valence-corrected chi connectivity index (χ4v) is 2.11. The molecule has 0 spiro atoms. The van der Waals surface area contributed by atoms with Gasteiger partial charge < -0.3 is 10.1 Å². The zero-order chi connectivity index (χ0) is 14.7. The highest BCUT2D eigenvalue weighted by Crippen LogP contribution is 2.10. The van der Waals surface area contributed by atoms with Crippen molar-refractivity contribution in [3.63, 3.8) is 0 Å². The number of nitrogens with zero attached hydrogens (tertiary/aromatic N) is 3. The lowest BCUT2D eigenvalue weighted by molar-refractivity contribution is 0.185. The molecule has 0 saturated carbocycles. The van der Waals surface area contributed by atoms with E-state index in [1.165, 1.54) is 16.8 Å². The number of hydrogen-bond acceptors (Lipinski definition) is 4. The number of nitrogens with one attached hydrogen (secondary N) is 1. The van der Waals surface area contributed by atoms with Gasteiger partial charge in [-0.1, -0.05) is 24.3 Å². The summed E-state index contributed by atoms with van der Waals surface area (Å²) in [5.41, 5.74) is 2.82. The summed E-state index contributed by atoms with van der Waals surface area (Å²) in [6.45, 7) is 1.18. The fourth-order valence-electron chi connectivity index (χ4n) is 2.11. The van der Waals surface area contributed by atoms with Crippen LogP contribution in [0.2, 0.25) is 0 Å². The maximum atomic E-state index is 13.1. The molecule has 0 aliphatic carbocycles. The number of aromatic nitrogens is 3. The van der Waals surface area contributed by atoms with Crippen LogP contribution in [0.4, 0.5) is 10.3 Å². The average molecular weight is 286 g/mol. The lowest BCUT2D eigenvalue weighted by Crippen LogP contribution is -2.02. The minimum absolute atomic E-state index is 0.341. The van der Waals surface area contributed by atoms with Crippen molar-refractivity contribution < 1.29 is 9.13 Å². The molecule has 2 heterocycles. The van der Waals surface area contributed by atoms with Gasteiger partial charge in [-0.3, -0.25) is 0 Å². The van der Waals surface area contributed by atoms with E-state index in [0.29, 0.717) is 24.7 Å². The number of hydrogen-bond donors (Lipinski definition) is 1. The Kier molecular flexibility index (Phi) is 3.79. The molecule has 1 N–H and O–H groups in total. The van der Waals surface area contributed by atoms with Crippen LogP contribution in [0.25, 0.3) is 5.65 Å². The van der Waals surface area contributed by atoms with Crippen molar-refractivity contribution in [3.8, 4) is 0 Å². The molecule has 0 unspecified atom stereocenters. The maximum absolute atomic E-state index is 13.1. The van der Waals surface area contributed by atoms with Crippen molar-refractivity contribution in [2.75, 3.05) is 12.4 Å². The Labute approximate surface area is 121 Å². The van der Waals surface area contributed by atoms with Crippen molar-refractivity contribution in [1.82, 2.24) is 14.6 Å². The zero-order valence-corrected chi connectivity index (χ0v) is 11.6. The molecule has 0 aliphatic rings. The molecule has 2 aromatic heterocycles. The molecule has 0 amide bonds. The maximum Gasteiger partial charge on any atom is 0.243 e. The molecule has 0 atom stereocenters. The van der Waals surface area contributed by atoms with Crippen LogP contribution in [0, 0.1) is 5.82 Å². The number of halogens is 1. The average Bonchev–Trinajstić information content (AvgIpc) is 2.88. The molecule has 0 radical (unpaired) electrons. The Bertz CT molecular complexity index is 756. The number of fused-ring (bicyclic) bond motifs is 1. The molecule has 0 saturated heterocycles. The smallest absolute Gasteiger partial charge is 0.243 e. The Balaban J connectivity index is 1.72. The summed E-state index contributed by atoms with van der Waals surface area (Å²) >= 11 is 0. The van der Waals surface area contributed by atoms with Gasteiger partial charge in [0.15, 0.2) is 5.65 Å². The van der Waals surface area contributed by atoms with E-state index in [4.69, 9.17) is 4.74 Å². The normalized spacial score (nSPS) is 11.0. The van der Waals surface area contributed by atoms with Gasteiger partial charge in [0.1, 0.15) is 5.82 Å². The highest BCUT2D eigenvalue weighted by Gasteiger charge is 2.04. The van der Waals surface area contributed by atoms with Crippen LogP contribution >= 0.6 is 0 Å². The second kappa shape index (κ2) is 5.88. The molecule has 0 fully saturated rings. The predicted molar refractivity (Wildman–Crippen MR) is 77.4 cm³/mol. The zero-order valence-electron chi connectivity index (χ0n) is 11.6. The molecular formula is C15H15FN4O. The first-order chi connectivity index (χ1) is 10.2. The number of methoxy groups -OCH3 is 1. The third-order valence-electron chi connectivity index (χ3n) is 3.05. The van der Waals surface area contributed by atoms with E-state index in [2.05, 4.69) is 21.5 Å². The van der Waals surface area contributed by atoms with E-state index in [0.717, 1.165) is 11.1 Å². The van der Waals surface area contributed by atoms with E-state index >= 15 is 0 Å². The van der Waals surface area contributed by atoms with Crippen molar-refractivity contribution in [2.45, 2.75) is 13.2 Å². The van der Waals surface area contributed by atoms with Gasteiger partial charge in [-0.05, 0) is 23.3 Å². The van der Waals surface area contributed by atoms with E-state index in [-0.39, 0.29) is 5.82 Å². The quantitative estimate of drug-likeness (QED) is 0.783. The van der Waals surface area contributed by atoms with Crippen molar-refractivity contribution >= 4 is 11.6 Å². The number of anilines is 1. The summed E-state index contributed by atoms with van der Waals surface area (Å²) in [6.07, 6.45) is 1.30. The summed E-state index contributed by atoms with van der Waals surface area (Å²) in [7, 11) is 1.67. The number of rotatable bonds is 5. The van der Waals surface area contributed by atoms with Gasteiger partial charge in [0.25, 0.3) is 0 Å². The van der Waals surface area contributed by atoms with Crippen LogP contribution < -0.4 is 5.32 Å². The van der Waals surface area contributed by atoms with Crippen molar-refractivity contribution in [2.24, 2.45) is 0 Å². The first kappa shape index (κ1) is 13.5. The molecular weight excluding hydrogens is 271 g/mol. The summed E-state index contributed by atoms with van der Waals surface area (Å²) in [6, 6.07) is 11.0. The van der Waals surface area contributed by atoms with Crippen LogP contribution in [0.15, 0.2) is 42.6 Å². The largest absolute Gasteiger partial charge is 0.380 e. The fraction of sp³-hybridized carbons (Fsp3) is 0.200. The van der Waals surface area contributed by atoms with Crippen LogP contribution in [0.3, 0.4) is 0 Å². The van der Waals surface area contributed by atoms with Crippen LogP contribution in [-0.4, -0.2) is 21.7 Å². The van der Waals surface area contributed by atoms with Crippen molar-refractivity contribution in [3.05, 3.63) is 59.5 Å². The topological polar surface area (TPSA) is 51.5 Å². The van der Waals surface area contributed by atoms with E-state index in [1.54, 1.807) is 13.2 Å². The van der Waals surface area contributed by atoms with Gasteiger partial charge in [-0.2, -0.15) is 4.98 Å².